The van der Waals surface area contributed by atoms with Crippen LogP contribution in [0.5, 0.6) is 0 Å². The van der Waals surface area contributed by atoms with Crippen LogP contribution in [-0.2, 0) is 14.4 Å². The zero-order chi connectivity index (χ0) is 14.1. The molecule has 0 bridgehead atoms. The Morgan fingerprint density at radius 2 is 1.83 bits per heavy atom. The molecule has 0 heterocycles. The van der Waals surface area contributed by atoms with Gasteiger partial charge in [0.2, 0.25) is 11.8 Å². The second-order valence-corrected chi connectivity index (χ2v) is 4.54. The van der Waals surface area contributed by atoms with Gasteiger partial charge in [-0.3, -0.25) is 19.3 Å². The lowest BCUT2D eigenvalue weighted by Crippen LogP contribution is -2.44. The highest BCUT2D eigenvalue weighted by molar-refractivity contribution is 5.81. The molecule has 0 radical (unpaired) electrons. The van der Waals surface area contributed by atoms with Crippen LogP contribution >= 0.6 is 0 Å². The molecule has 0 rings (SSSR count). The van der Waals surface area contributed by atoms with Crippen LogP contribution in [0.1, 0.15) is 20.3 Å². The first-order valence-corrected chi connectivity index (χ1v) is 5.80. The van der Waals surface area contributed by atoms with Crippen molar-refractivity contribution in [3.05, 3.63) is 0 Å². The molecule has 0 aliphatic rings. The van der Waals surface area contributed by atoms with Gasteiger partial charge in [-0.15, -0.1) is 0 Å². The van der Waals surface area contributed by atoms with Crippen LogP contribution in [0.2, 0.25) is 0 Å². The van der Waals surface area contributed by atoms with Crippen molar-refractivity contribution in [1.29, 1.82) is 0 Å². The molecule has 18 heavy (non-hydrogen) atoms. The van der Waals surface area contributed by atoms with E-state index in [4.69, 9.17) is 10.8 Å². The van der Waals surface area contributed by atoms with Crippen LogP contribution in [0.15, 0.2) is 0 Å². The Morgan fingerprint density at radius 3 is 2.28 bits per heavy atom. The van der Waals surface area contributed by atoms with Gasteiger partial charge in [-0.25, -0.2) is 0 Å². The molecule has 104 valence electrons. The summed E-state index contributed by atoms with van der Waals surface area (Å²) in [6.07, 6.45) is 0.848. The van der Waals surface area contributed by atoms with Crippen molar-refractivity contribution in [3.63, 3.8) is 0 Å². The quantitative estimate of drug-likeness (QED) is 0.492. The van der Waals surface area contributed by atoms with Crippen LogP contribution in [0.3, 0.4) is 0 Å². The van der Waals surface area contributed by atoms with E-state index in [1.54, 1.807) is 0 Å². The maximum atomic E-state index is 11.5. The number of carbonyl (C=O) groups excluding carboxylic acids is 2. The Hall–Kier alpha value is -1.63. The Kier molecular flexibility index (Phi) is 7.69. The van der Waals surface area contributed by atoms with Gasteiger partial charge in [-0.2, -0.15) is 0 Å². The SMILES string of the molecule is CC(C)CCNC(=O)CN(CC(N)=O)CC(=O)O. The summed E-state index contributed by atoms with van der Waals surface area (Å²) in [5.74, 6) is -1.60. The minimum Gasteiger partial charge on any atom is -0.480 e. The van der Waals surface area contributed by atoms with E-state index in [0.29, 0.717) is 12.5 Å². The summed E-state index contributed by atoms with van der Waals surface area (Å²) in [6, 6.07) is 0. The van der Waals surface area contributed by atoms with Gasteiger partial charge >= 0.3 is 5.97 Å². The molecule has 7 heteroatoms. The predicted molar refractivity (Wildman–Crippen MR) is 65.7 cm³/mol. The number of carbonyl (C=O) groups is 3. The molecule has 0 saturated carbocycles. The second kappa shape index (κ2) is 8.46. The topological polar surface area (TPSA) is 113 Å². The van der Waals surface area contributed by atoms with E-state index in [-0.39, 0.29) is 25.5 Å². The predicted octanol–water partition coefficient (Wildman–Crippen LogP) is -0.979. The zero-order valence-corrected chi connectivity index (χ0v) is 10.8. The number of nitrogens with zero attached hydrogens (tertiary/aromatic N) is 1. The zero-order valence-electron chi connectivity index (χ0n) is 10.8. The van der Waals surface area contributed by atoms with Gasteiger partial charge in [0.25, 0.3) is 0 Å². The van der Waals surface area contributed by atoms with E-state index >= 15 is 0 Å². The largest absolute Gasteiger partial charge is 0.480 e. The van der Waals surface area contributed by atoms with E-state index in [1.165, 1.54) is 4.90 Å². The highest BCUT2D eigenvalue weighted by atomic mass is 16.4. The van der Waals surface area contributed by atoms with Crippen molar-refractivity contribution in [2.45, 2.75) is 20.3 Å². The third-order valence-electron chi connectivity index (χ3n) is 2.15. The van der Waals surface area contributed by atoms with Crippen molar-refractivity contribution in [1.82, 2.24) is 10.2 Å². The third-order valence-corrected chi connectivity index (χ3v) is 2.15. The van der Waals surface area contributed by atoms with E-state index in [9.17, 15) is 14.4 Å². The molecule has 0 saturated heterocycles. The number of nitrogens with two attached hydrogens (primary N) is 1. The molecule has 0 aliphatic heterocycles. The van der Waals surface area contributed by atoms with E-state index in [1.807, 2.05) is 13.8 Å². The fourth-order valence-corrected chi connectivity index (χ4v) is 1.34. The van der Waals surface area contributed by atoms with Crippen molar-refractivity contribution < 1.29 is 19.5 Å². The summed E-state index contributed by atoms with van der Waals surface area (Å²) in [5, 5.41) is 11.3. The molecule has 7 nitrogen and oxygen atoms in total. The number of hydrogen-bond acceptors (Lipinski definition) is 4. The van der Waals surface area contributed by atoms with Crippen molar-refractivity contribution >= 4 is 17.8 Å². The number of amides is 2. The Morgan fingerprint density at radius 1 is 1.22 bits per heavy atom. The summed E-state index contributed by atoms with van der Waals surface area (Å²) in [5.41, 5.74) is 4.98. The molecular formula is C11H21N3O4. The number of primary amides is 1. The molecule has 2 amide bonds. The Labute approximate surface area is 106 Å². The number of aliphatic carboxylic acids is 1. The lowest BCUT2D eigenvalue weighted by molar-refractivity contribution is -0.139. The summed E-state index contributed by atoms with van der Waals surface area (Å²) in [6.45, 7) is 3.83. The number of nitrogens with one attached hydrogen (secondary N) is 1. The fourth-order valence-electron chi connectivity index (χ4n) is 1.34. The first-order valence-electron chi connectivity index (χ1n) is 5.80. The standard InChI is InChI=1S/C11H21N3O4/c1-8(2)3-4-13-10(16)6-14(5-9(12)15)7-11(17)18/h8H,3-7H2,1-2H3,(H2,12,15)(H,13,16)(H,17,18). The third kappa shape index (κ3) is 9.59. The minimum atomic E-state index is -1.11. The van der Waals surface area contributed by atoms with Gasteiger partial charge in [-0.05, 0) is 12.3 Å². The number of rotatable bonds is 9. The first-order chi connectivity index (χ1) is 8.31. The highest BCUT2D eigenvalue weighted by Gasteiger charge is 2.15. The lowest BCUT2D eigenvalue weighted by Gasteiger charge is -2.17. The molecule has 0 spiro atoms. The maximum absolute atomic E-state index is 11.5. The smallest absolute Gasteiger partial charge is 0.317 e. The van der Waals surface area contributed by atoms with Crippen molar-refractivity contribution in [2.24, 2.45) is 11.7 Å². The summed E-state index contributed by atoms with van der Waals surface area (Å²) < 4.78 is 0. The fraction of sp³-hybridized carbons (Fsp3) is 0.727. The van der Waals surface area contributed by atoms with Crippen molar-refractivity contribution in [3.8, 4) is 0 Å². The van der Waals surface area contributed by atoms with E-state index in [0.717, 1.165) is 6.42 Å². The summed E-state index contributed by atoms with van der Waals surface area (Å²) >= 11 is 0. The normalized spacial score (nSPS) is 10.7. The monoisotopic (exact) mass is 259 g/mol. The molecule has 0 aromatic heterocycles. The Bertz CT molecular complexity index is 289. The number of hydrogen-bond donors (Lipinski definition) is 3. The van der Waals surface area contributed by atoms with Crippen molar-refractivity contribution in [2.75, 3.05) is 26.2 Å². The van der Waals surface area contributed by atoms with Gasteiger partial charge in [0, 0.05) is 6.54 Å². The Balaban J connectivity index is 4.09. The molecule has 0 aromatic rings. The average Bonchev–Trinajstić information content (AvgIpc) is 2.13. The first kappa shape index (κ1) is 16.4. The van der Waals surface area contributed by atoms with Gasteiger partial charge in [-0.1, -0.05) is 13.8 Å². The molecular weight excluding hydrogens is 238 g/mol. The molecule has 0 unspecified atom stereocenters. The second-order valence-electron chi connectivity index (χ2n) is 4.54. The minimum absolute atomic E-state index is 0.146. The van der Waals surface area contributed by atoms with Gasteiger partial charge in [0.05, 0.1) is 19.6 Å². The molecule has 0 aliphatic carbocycles. The number of carboxylic acids is 1. The lowest BCUT2D eigenvalue weighted by atomic mass is 10.1. The van der Waals surface area contributed by atoms with Crippen LogP contribution in [0.4, 0.5) is 0 Å². The van der Waals surface area contributed by atoms with E-state index in [2.05, 4.69) is 5.32 Å². The molecule has 0 atom stereocenters. The van der Waals surface area contributed by atoms with Crippen LogP contribution in [0.25, 0.3) is 0 Å². The van der Waals surface area contributed by atoms with Gasteiger partial charge in [0.15, 0.2) is 0 Å². The summed E-state index contributed by atoms with van der Waals surface area (Å²) in [7, 11) is 0. The van der Waals surface area contributed by atoms with E-state index < -0.39 is 11.9 Å². The highest BCUT2D eigenvalue weighted by Crippen LogP contribution is 1.96. The average molecular weight is 259 g/mol. The number of carboxylic acid groups (broad SMARTS) is 1. The molecule has 0 aromatic carbocycles. The van der Waals surface area contributed by atoms with Crippen LogP contribution in [-0.4, -0.2) is 54.0 Å². The maximum Gasteiger partial charge on any atom is 0.317 e. The van der Waals surface area contributed by atoms with Gasteiger partial charge in [0.1, 0.15) is 0 Å². The molecule has 0 fully saturated rings. The molecule has 4 N–H and O–H groups in total. The van der Waals surface area contributed by atoms with Crippen LogP contribution < -0.4 is 11.1 Å². The summed E-state index contributed by atoms with van der Waals surface area (Å²) in [4.78, 5) is 34.0. The van der Waals surface area contributed by atoms with Gasteiger partial charge < -0.3 is 16.2 Å². The van der Waals surface area contributed by atoms with Crippen LogP contribution in [0, 0.1) is 5.92 Å².